The molecule has 2 aliphatic carbocycles. The van der Waals surface area contributed by atoms with Gasteiger partial charge in [-0.15, -0.1) is 0 Å². The van der Waals surface area contributed by atoms with Crippen LogP contribution in [0.1, 0.15) is 73.5 Å². The van der Waals surface area contributed by atoms with E-state index in [1.807, 2.05) is 25.1 Å². The Morgan fingerprint density at radius 2 is 2.07 bits per heavy atom. The van der Waals surface area contributed by atoms with Gasteiger partial charge >= 0.3 is 0 Å². The summed E-state index contributed by atoms with van der Waals surface area (Å²) in [6.07, 6.45) is 9.14. The van der Waals surface area contributed by atoms with Crippen LogP contribution in [0.2, 0.25) is 5.15 Å². The number of aromatic nitrogens is 1. The second kappa shape index (κ2) is 11.2. The number of carbonyl (C=O) groups is 1. The smallest absolute Gasteiger partial charge is 0.264 e. The fourth-order valence-electron chi connectivity index (χ4n) is 7.16. The lowest BCUT2D eigenvalue weighted by Crippen LogP contribution is -2.49. The number of amides is 1. The Morgan fingerprint density at radius 1 is 1.22 bits per heavy atom. The number of allylic oxidation sites excluding steroid dienone is 1. The van der Waals surface area contributed by atoms with Crippen LogP contribution in [0.3, 0.4) is 0 Å². The number of hydrogen-bond acceptors (Lipinski definition) is 7. The predicted molar refractivity (Wildman–Crippen MR) is 159 cm³/mol. The molecule has 1 fully saturated rings. The van der Waals surface area contributed by atoms with Crippen molar-refractivity contribution in [3.05, 3.63) is 64.5 Å². The van der Waals surface area contributed by atoms with Gasteiger partial charge in [-0.1, -0.05) is 36.7 Å². The van der Waals surface area contributed by atoms with E-state index in [1.165, 1.54) is 0 Å². The van der Waals surface area contributed by atoms with Crippen LogP contribution in [-0.2, 0) is 21.9 Å². The number of halogens is 1. The maximum Gasteiger partial charge on any atom is 0.264 e. The van der Waals surface area contributed by atoms with Crippen molar-refractivity contribution in [2.45, 2.75) is 75.1 Å². The van der Waals surface area contributed by atoms with Crippen LogP contribution in [0, 0.1) is 11.8 Å². The van der Waals surface area contributed by atoms with Gasteiger partial charge in [-0.3, -0.25) is 4.79 Å². The topological polar surface area (TPSA) is 109 Å². The van der Waals surface area contributed by atoms with E-state index in [9.17, 15) is 18.3 Å². The molecular formula is C31H38ClN3O5S. The van der Waals surface area contributed by atoms with Crippen molar-refractivity contribution in [2.24, 2.45) is 11.8 Å². The van der Waals surface area contributed by atoms with E-state index in [0.717, 1.165) is 49.0 Å². The first-order chi connectivity index (χ1) is 19.7. The highest BCUT2D eigenvalue weighted by molar-refractivity contribution is 7.90. The first kappa shape index (κ1) is 28.5. The minimum absolute atomic E-state index is 0.124. The summed E-state index contributed by atoms with van der Waals surface area (Å²) in [6, 6.07) is 9.10. The lowest BCUT2D eigenvalue weighted by molar-refractivity contribution is 0.0456. The van der Waals surface area contributed by atoms with Crippen LogP contribution in [0.25, 0.3) is 0 Å². The number of ether oxygens (including phenoxy) is 1. The van der Waals surface area contributed by atoms with Gasteiger partial charge in [-0.05, 0) is 93.0 Å². The number of aryl methyl sites for hydroxylation is 1. The molecule has 1 amide bonds. The molecule has 1 spiro atoms. The molecule has 41 heavy (non-hydrogen) atoms. The molecule has 10 heteroatoms. The number of carbonyl (C=O) groups excluding carboxylic acids is 1. The number of fused-ring (bicyclic) bond motifs is 4. The average Bonchev–Trinajstić information content (AvgIpc) is 3.07. The van der Waals surface area contributed by atoms with Gasteiger partial charge in [0.25, 0.3) is 5.91 Å². The van der Waals surface area contributed by atoms with Crippen molar-refractivity contribution in [1.29, 1.82) is 0 Å². The second-order valence-corrected chi connectivity index (χ2v) is 14.5. The maximum atomic E-state index is 13.3. The molecule has 6 rings (SSSR count). The molecular weight excluding hydrogens is 562 g/mol. The van der Waals surface area contributed by atoms with Gasteiger partial charge in [-0.2, -0.15) is 0 Å². The van der Waals surface area contributed by atoms with Gasteiger partial charge in [0.2, 0.25) is 10.0 Å². The summed E-state index contributed by atoms with van der Waals surface area (Å²) < 4.78 is 35.1. The van der Waals surface area contributed by atoms with Crippen molar-refractivity contribution in [2.75, 3.05) is 24.6 Å². The molecule has 1 saturated carbocycles. The fourth-order valence-corrected chi connectivity index (χ4v) is 8.75. The quantitative estimate of drug-likeness (QED) is 0.359. The number of aliphatic hydroxyl groups is 1. The highest BCUT2D eigenvalue weighted by Gasteiger charge is 2.44. The maximum absolute atomic E-state index is 13.3. The molecule has 2 N–H and O–H groups in total. The van der Waals surface area contributed by atoms with E-state index in [4.69, 9.17) is 16.3 Å². The van der Waals surface area contributed by atoms with Gasteiger partial charge in [0.1, 0.15) is 10.9 Å². The summed E-state index contributed by atoms with van der Waals surface area (Å²) in [5.74, 6) is 0.433. The van der Waals surface area contributed by atoms with Crippen molar-refractivity contribution < 1.29 is 23.1 Å². The second-order valence-electron chi connectivity index (χ2n) is 12.1. The Kier molecular flexibility index (Phi) is 7.80. The van der Waals surface area contributed by atoms with Gasteiger partial charge in [0, 0.05) is 29.8 Å². The predicted octanol–water partition coefficient (Wildman–Crippen LogP) is 4.78. The summed E-state index contributed by atoms with van der Waals surface area (Å²) in [7, 11) is -3.88. The summed E-state index contributed by atoms with van der Waals surface area (Å²) in [5, 5.41) is 10.8. The zero-order valence-electron chi connectivity index (χ0n) is 23.4. The van der Waals surface area contributed by atoms with Crippen molar-refractivity contribution >= 4 is 33.2 Å². The summed E-state index contributed by atoms with van der Waals surface area (Å²) in [6.45, 7) is 3.63. The molecule has 0 radical (unpaired) electrons. The Balaban J connectivity index is 1.42. The van der Waals surface area contributed by atoms with Crippen molar-refractivity contribution in [3.8, 4) is 5.75 Å². The molecule has 0 saturated heterocycles. The lowest BCUT2D eigenvalue weighted by Gasteiger charge is -2.45. The molecule has 220 valence electrons. The van der Waals surface area contributed by atoms with E-state index < -0.39 is 27.3 Å². The number of hydrogen-bond donors (Lipinski definition) is 2. The molecule has 4 aliphatic rings. The Morgan fingerprint density at radius 3 is 2.85 bits per heavy atom. The van der Waals surface area contributed by atoms with Crippen LogP contribution in [0.15, 0.2) is 42.5 Å². The van der Waals surface area contributed by atoms with E-state index in [2.05, 4.69) is 20.7 Å². The molecule has 0 unspecified atom stereocenters. The number of sulfonamides is 1. The van der Waals surface area contributed by atoms with Crippen molar-refractivity contribution in [3.63, 3.8) is 0 Å². The monoisotopic (exact) mass is 599 g/mol. The van der Waals surface area contributed by atoms with Gasteiger partial charge in [0.15, 0.2) is 0 Å². The fraction of sp³-hybridized carbons (Fsp3) is 0.548. The third-order valence-electron chi connectivity index (χ3n) is 9.63. The number of pyridine rings is 1. The molecule has 2 bridgehead atoms. The summed E-state index contributed by atoms with van der Waals surface area (Å²) in [5.41, 5.74) is 2.89. The standard InChI is InChI=1S/C31H38ClN3O5S/c1-2-22-6-3-4-8-27(36)23-11-9-21(23)17-35-18-31(15-5-7-25-24(31)12-14-29(32)33-25)19-40-28-13-10-20(16-26(28)35)30(37)34-41(22,38)39/h4,8,10,12-14,16,21-23,27,36H,2-3,5-7,9,11,15,17-19H2,1H3,(H,34,37)/b8-4-/t21-,22+,23+,27-,31-/m0/s1. The van der Waals surface area contributed by atoms with E-state index in [0.29, 0.717) is 49.9 Å². The zero-order chi connectivity index (χ0) is 28.8. The number of benzene rings is 1. The molecule has 8 nitrogen and oxygen atoms in total. The zero-order valence-corrected chi connectivity index (χ0v) is 25.0. The van der Waals surface area contributed by atoms with Crippen LogP contribution in [0.4, 0.5) is 5.69 Å². The normalized spacial score (nSPS) is 32.0. The summed E-state index contributed by atoms with van der Waals surface area (Å²) in [4.78, 5) is 20.2. The first-order valence-corrected chi connectivity index (χ1v) is 16.7. The lowest BCUT2D eigenvalue weighted by atomic mass is 9.69. The Hall–Kier alpha value is -2.62. The number of anilines is 1. The van der Waals surface area contributed by atoms with Crippen LogP contribution in [0.5, 0.6) is 5.75 Å². The minimum Gasteiger partial charge on any atom is -0.490 e. The van der Waals surface area contributed by atoms with Crippen LogP contribution >= 0.6 is 11.6 Å². The summed E-state index contributed by atoms with van der Waals surface area (Å²) >= 11 is 6.27. The van der Waals surface area contributed by atoms with E-state index >= 15 is 0 Å². The Labute approximate surface area is 247 Å². The molecule has 1 aromatic heterocycles. The van der Waals surface area contributed by atoms with Gasteiger partial charge in [0.05, 0.1) is 23.6 Å². The number of nitrogens with zero attached hydrogens (tertiary/aromatic N) is 2. The minimum atomic E-state index is -3.88. The molecule has 5 atom stereocenters. The Bertz CT molecular complexity index is 1460. The van der Waals surface area contributed by atoms with Crippen molar-refractivity contribution in [1.82, 2.24) is 9.71 Å². The van der Waals surface area contributed by atoms with Gasteiger partial charge < -0.3 is 14.7 Å². The average molecular weight is 600 g/mol. The highest BCUT2D eigenvalue weighted by Crippen LogP contribution is 2.46. The first-order valence-electron chi connectivity index (χ1n) is 14.8. The SMILES string of the molecule is CC[C@@H]1CC/C=C\[C@H](O)[C@@H]2CC[C@H]2CN2C[C@@]3(CCCc4nc(Cl)ccc43)COc3ccc(cc32)C(=O)NS1(=O)=O. The van der Waals surface area contributed by atoms with Crippen LogP contribution in [-0.4, -0.2) is 55.5 Å². The molecule has 3 heterocycles. The molecule has 2 aromatic rings. The highest BCUT2D eigenvalue weighted by atomic mass is 35.5. The third-order valence-corrected chi connectivity index (χ3v) is 11.8. The van der Waals surface area contributed by atoms with E-state index in [1.54, 1.807) is 18.2 Å². The number of aliphatic hydroxyl groups excluding tert-OH is 1. The molecule has 1 aromatic carbocycles. The number of nitrogens with one attached hydrogen (secondary N) is 1. The largest absolute Gasteiger partial charge is 0.490 e. The van der Waals surface area contributed by atoms with E-state index in [-0.39, 0.29) is 22.8 Å². The van der Waals surface area contributed by atoms with Crippen LogP contribution < -0.4 is 14.4 Å². The molecule has 2 aliphatic heterocycles. The van der Waals surface area contributed by atoms with Gasteiger partial charge in [-0.25, -0.2) is 18.1 Å². The third kappa shape index (κ3) is 5.48. The number of rotatable bonds is 1.